The van der Waals surface area contributed by atoms with E-state index in [0.717, 1.165) is 6.42 Å². The standard InChI is InChI=1S/C15H21NS/c1-5-7-9-16-11-13-10-15(12(3)4)17-14(13)8-6-2/h6-12H,5H2,1-4H3/b8-6-,9-7+,16-11?. The normalized spacial score (nSPS) is 12.8. The first-order chi connectivity index (χ1) is 8.19. The summed E-state index contributed by atoms with van der Waals surface area (Å²) in [5.74, 6) is 0.581. The van der Waals surface area contributed by atoms with Crippen molar-refractivity contribution < 1.29 is 0 Å². The zero-order valence-electron chi connectivity index (χ0n) is 11.1. The highest BCUT2D eigenvalue weighted by Gasteiger charge is 2.07. The molecule has 0 aliphatic carbocycles. The molecule has 0 spiro atoms. The van der Waals surface area contributed by atoms with Gasteiger partial charge in [-0.05, 0) is 31.4 Å². The Bertz CT molecular complexity index is 422. The summed E-state index contributed by atoms with van der Waals surface area (Å²) >= 11 is 1.85. The van der Waals surface area contributed by atoms with Crippen molar-refractivity contribution in [2.45, 2.75) is 40.0 Å². The van der Waals surface area contributed by atoms with E-state index in [-0.39, 0.29) is 0 Å². The smallest absolute Gasteiger partial charge is 0.0357 e. The fourth-order valence-electron chi connectivity index (χ4n) is 1.40. The van der Waals surface area contributed by atoms with Gasteiger partial charge in [0.25, 0.3) is 0 Å². The number of thiophene rings is 1. The highest BCUT2D eigenvalue weighted by atomic mass is 32.1. The molecule has 1 nitrogen and oxygen atoms in total. The predicted molar refractivity (Wildman–Crippen MR) is 80.1 cm³/mol. The van der Waals surface area contributed by atoms with Gasteiger partial charge in [-0.2, -0.15) is 0 Å². The number of rotatable bonds is 5. The van der Waals surface area contributed by atoms with Gasteiger partial charge in [0.1, 0.15) is 0 Å². The molecule has 1 aromatic heterocycles. The summed E-state index contributed by atoms with van der Waals surface area (Å²) in [7, 11) is 0. The molecule has 0 atom stereocenters. The highest BCUT2D eigenvalue weighted by molar-refractivity contribution is 7.13. The first-order valence-electron chi connectivity index (χ1n) is 6.13. The van der Waals surface area contributed by atoms with E-state index in [1.54, 1.807) is 0 Å². The van der Waals surface area contributed by atoms with E-state index in [2.05, 4.69) is 50.1 Å². The Hall–Kier alpha value is -1.15. The maximum absolute atomic E-state index is 4.31. The van der Waals surface area contributed by atoms with Crippen molar-refractivity contribution in [1.82, 2.24) is 0 Å². The Balaban J connectivity index is 2.95. The molecule has 0 saturated heterocycles. The summed E-state index contributed by atoms with van der Waals surface area (Å²) in [6, 6.07) is 2.24. The van der Waals surface area contributed by atoms with E-state index in [1.807, 2.05) is 30.7 Å². The molecule has 0 aliphatic heterocycles. The molecule has 0 saturated carbocycles. The second kappa shape index (κ2) is 7.23. The Morgan fingerprint density at radius 1 is 1.41 bits per heavy atom. The minimum atomic E-state index is 0.581. The van der Waals surface area contributed by atoms with Crippen LogP contribution in [0.15, 0.2) is 29.4 Å². The third kappa shape index (κ3) is 4.31. The molecule has 0 fully saturated rings. The van der Waals surface area contributed by atoms with Crippen molar-refractivity contribution in [2.24, 2.45) is 4.99 Å². The minimum absolute atomic E-state index is 0.581. The van der Waals surface area contributed by atoms with Gasteiger partial charge in [-0.1, -0.05) is 32.9 Å². The largest absolute Gasteiger partial charge is 0.264 e. The van der Waals surface area contributed by atoms with Gasteiger partial charge in [0, 0.05) is 27.7 Å². The molecule has 92 valence electrons. The molecule has 1 rings (SSSR count). The van der Waals surface area contributed by atoms with Crippen molar-refractivity contribution in [1.29, 1.82) is 0 Å². The van der Waals surface area contributed by atoms with Crippen LogP contribution in [0.25, 0.3) is 6.08 Å². The van der Waals surface area contributed by atoms with Crippen LogP contribution in [-0.2, 0) is 0 Å². The molecule has 0 N–H and O–H groups in total. The highest BCUT2D eigenvalue weighted by Crippen LogP contribution is 2.28. The molecular weight excluding hydrogens is 226 g/mol. The SMILES string of the molecule is C/C=C\c1sc(C(C)C)cc1C=N/C=C/CC. The van der Waals surface area contributed by atoms with Crippen LogP contribution >= 0.6 is 11.3 Å². The van der Waals surface area contributed by atoms with Crippen molar-refractivity contribution in [2.75, 3.05) is 0 Å². The van der Waals surface area contributed by atoms with E-state index in [0.29, 0.717) is 5.92 Å². The topological polar surface area (TPSA) is 12.4 Å². The maximum atomic E-state index is 4.31. The molecule has 1 heterocycles. The third-order valence-electron chi connectivity index (χ3n) is 2.34. The van der Waals surface area contributed by atoms with Gasteiger partial charge in [-0.15, -0.1) is 11.3 Å². The molecule has 17 heavy (non-hydrogen) atoms. The average molecular weight is 247 g/mol. The van der Waals surface area contributed by atoms with E-state index in [4.69, 9.17) is 0 Å². The van der Waals surface area contributed by atoms with Crippen LogP contribution < -0.4 is 0 Å². The van der Waals surface area contributed by atoms with Gasteiger partial charge in [0.2, 0.25) is 0 Å². The van der Waals surface area contributed by atoms with Crippen LogP contribution in [0.1, 0.15) is 55.4 Å². The monoisotopic (exact) mass is 247 g/mol. The molecule has 0 amide bonds. The summed E-state index contributed by atoms with van der Waals surface area (Å²) < 4.78 is 0. The molecule has 0 aliphatic rings. The van der Waals surface area contributed by atoms with Crippen LogP contribution in [0.4, 0.5) is 0 Å². The van der Waals surface area contributed by atoms with Crippen LogP contribution in [-0.4, -0.2) is 6.21 Å². The summed E-state index contributed by atoms with van der Waals surface area (Å²) in [6.07, 6.45) is 11.1. The zero-order chi connectivity index (χ0) is 12.7. The Morgan fingerprint density at radius 3 is 2.76 bits per heavy atom. The Morgan fingerprint density at radius 2 is 2.18 bits per heavy atom. The quantitative estimate of drug-likeness (QED) is 0.630. The van der Waals surface area contributed by atoms with E-state index in [1.165, 1.54) is 15.3 Å². The zero-order valence-corrected chi connectivity index (χ0v) is 11.9. The number of hydrogen-bond acceptors (Lipinski definition) is 2. The number of allylic oxidation sites excluding steroid dienone is 2. The lowest BCUT2D eigenvalue weighted by Crippen LogP contribution is -1.80. The van der Waals surface area contributed by atoms with Crippen molar-refractivity contribution in [3.63, 3.8) is 0 Å². The first kappa shape index (κ1) is 13.9. The number of aliphatic imine (C=N–C) groups is 1. The molecule has 0 radical (unpaired) electrons. The fraction of sp³-hybridized carbons (Fsp3) is 0.400. The Kier molecular flexibility index (Phi) is 5.92. The summed E-state index contributed by atoms with van der Waals surface area (Å²) in [5.41, 5.74) is 1.22. The van der Waals surface area contributed by atoms with Crippen LogP contribution in [0, 0.1) is 0 Å². The molecule has 2 heteroatoms. The molecule has 1 aromatic rings. The molecule has 0 aromatic carbocycles. The lowest BCUT2D eigenvalue weighted by molar-refractivity contribution is 0.889. The number of nitrogens with zero attached hydrogens (tertiary/aromatic N) is 1. The van der Waals surface area contributed by atoms with Crippen molar-refractivity contribution in [3.05, 3.63) is 39.7 Å². The van der Waals surface area contributed by atoms with Gasteiger partial charge < -0.3 is 0 Å². The van der Waals surface area contributed by atoms with E-state index < -0.39 is 0 Å². The predicted octanol–water partition coefficient (Wildman–Crippen LogP) is 5.25. The van der Waals surface area contributed by atoms with Gasteiger partial charge in [-0.3, -0.25) is 4.99 Å². The van der Waals surface area contributed by atoms with Crippen LogP contribution in [0.5, 0.6) is 0 Å². The van der Waals surface area contributed by atoms with E-state index in [9.17, 15) is 0 Å². The maximum Gasteiger partial charge on any atom is 0.0357 e. The fourth-order valence-corrected chi connectivity index (χ4v) is 2.51. The molecule has 0 unspecified atom stereocenters. The van der Waals surface area contributed by atoms with Gasteiger partial charge >= 0.3 is 0 Å². The van der Waals surface area contributed by atoms with Crippen molar-refractivity contribution in [3.8, 4) is 0 Å². The summed E-state index contributed by atoms with van der Waals surface area (Å²) in [6.45, 7) is 8.61. The third-order valence-corrected chi connectivity index (χ3v) is 3.75. The van der Waals surface area contributed by atoms with Gasteiger partial charge in [0.05, 0.1) is 0 Å². The van der Waals surface area contributed by atoms with Gasteiger partial charge in [-0.25, -0.2) is 0 Å². The lowest BCUT2D eigenvalue weighted by atomic mass is 10.1. The molecule has 0 bridgehead atoms. The molecular formula is C15H21NS. The van der Waals surface area contributed by atoms with Crippen molar-refractivity contribution >= 4 is 23.6 Å². The summed E-state index contributed by atoms with van der Waals surface area (Å²) in [5, 5.41) is 0. The van der Waals surface area contributed by atoms with Crippen LogP contribution in [0.3, 0.4) is 0 Å². The van der Waals surface area contributed by atoms with E-state index >= 15 is 0 Å². The minimum Gasteiger partial charge on any atom is -0.264 e. The van der Waals surface area contributed by atoms with Gasteiger partial charge in [0.15, 0.2) is 0 Å². The second-order valence-electron chi connectivity index (χ2n) is 4.19. The second-order valence-corrected chi connectivity index (χ2v) is 5.31. The lowest BCUT2D eigenvalue weighted by Gasteiger charge is -1.96. The van der Waals surface area contributed by atoms with Crippen LogP contribution in [0.2, 0.25) is 0 Å². The first-order valence-corrected chi connectivity index (χ1v) is 6.95. The Labute approximate surface area is 109 Å². The number of hydrogen-bond donors (Lipinski definition) is 0. The average Bonchev–Trinajstić information content (AvgIpc) is 2.69. The summed E-state index contributed by atoms with van der Waals surface area (Å²) in [4.78, 5) is 7.03.